The van der Waals surface area contributed by atoms with Crippen molar-refractivity contribution in [3.8, 4) is 5.75 Å². The number of carbonyl (C=O) groups is 2. The third-order valence-corrected chi connectivity index (χ3v) is 4.39. The predicted octanol–water partition coefficient (Wildman–Crippen LogP) is 3.50. The first-order chi connectivity index (χ1) is 12.1. The maximum absolute atomic E-state index is 11.9. The summed E-state index contributed by atoms with van der Waals surface area (Å²) >= 11 is 3.32. The molecule has 2 aromatic rings. The lowest BCUT2D eigenvalue weighted by Crippen LogP contribution is -2.23. The molecule has 1 aliphatic rings. The number of carbonyl (C=O) groups excluding carboxylic acids is 2. The Balaban J connectivity index is 1.42. The lowest BCUT2D eigenvalue weighted by Gasteiger charge is -2.09. The fourth-order valence-electron chi connectivity index (χ4n) is 2.73. The van der Waals surface area contributed by atoms with Crippen molar-refractivity contribution in [2.24, 2.45) is 0 Å². The fraction of sp³-hybridized carbons (Fsp3) is 0.263. The predicted molar refractivity (Wildman–Crippen MR) is 97.7 cm³/mol. The second-order valence-corrected chi connectivity index (χ2v) is 6.71. The van der Waals surface area contributed by atoms with Gasteiger partial charge < -0.3 is 14.8 Å². The average Bonchev–Trinajstić information content (AvgIpc) is 3.06. The molecule has 0 radical (unpaired) electrons. The van der Waals surface area contributed by atoms with Gasteiger partial charge in [-0.15, -0.1) is 0 Å². The molecule has 0 heterocycles. The average molecular weight is 404 g/mol. The summed E-state index contributed by atoms with van der Waals surface area (Å²) in [5.41, 5.74) is 3.35. The van der Waals surface area contributed by atoms with Crippen LogP contribution in [0.5, 0.6) is 5.75 Å². The zero-order chi connectivity index (χ0) is 17.6. The Hall–Kier alpha value is -2.34. The van der Waals surface area contributed by atoms with E-state index in [0.717, 1.165) is 29.4 Å². The molecule has 2 aromatic carbocycles. The van der Waals surface area contributed by atoms with Crippen molar-refractivity contribution in [1.82, 2.24) is 0 Å². The van der Waals surface area contributed by atoms with Gasteiger partial charge in [0, 0.05) is 10.2 Å². The number of halogens is 1. The number of fused-ring (bicyclic) bond motifs is 1. The number of rotatable bonds is 6. The highest BCUT2D eigenvalue weighted by Crippen LogP contribution is 2.24. The summed E-state index contributed by atoms with van der Waals surface area (Å²) < 4.78 is 11.1. The molecule has 0 saturated carbocycles. The number of ether oxygens (including phenoxy) is 2. The summed E-state index contributed by atoms with van der Waals surface area (Å²) in [5.74, 6) is -0.410. The Bertz CT molecular complexity index is 791. The van der Waals surface area contributed by atoms with Crippen molar-refractivity contribution in [3.05, 3.63) is 58.1 Å². The molecule has 1 amide bonds. The number of hydrogen-bond acceptors (Lipinski definition) is 4. The van der Waals surface area contributed by atoms with Gasteiger partial charge in [-0.3, -0.25) is 4.79 Å². The minimum absolute atomic E-state index is 0.247. The molecule has 5 nitrogen and oxygen atoms in total. The number of anilines is 1. The molecule has 25 heavy (non-hydrogen) atoms. The van der Waals surface area contributed by atoms with Crippen LogP contribution >= 0.6 is 15.9 Å². The van der Waals surface area contributed by atoms with Crippen LogP contribution in [-0.4, -0.2) is 25.1 Å². The monoisotopic (exact) mass is 403 g/mol. The first-order valence-corrected chi connectivity index (χ1v) is 8.85. The van der Waals surface area contributed by atoms with Gasteiger partial charge in [-0.25, -0.2) is 4.79 Å². The first kappa shape index (κ1) is 17.5. The van der Waals surface area contributed by atoms with Gasteiger partial charge in [0.2, 0.25) is 0 Å². The maximum Gasteiger partial charge on any atom is 0.344 e. The molecule has 1 aliphatic carbocycles. The Kier molecular flexibility index (Phi) is 5.71. The minimum Gasteiger partial charge on any atom is -0.482 e. The molecule has 0 fully saturated rings. The highest BCUT2D eigenvalue weighted by Gasteiger charge is 2.13. The van der Waals surface area contributed by atoms with Crippen molar-refractivity contribution in [2.45, 2.75) is 19.3 Å². The van der Waals surface area contributed by atoms with Gasteiger partial charge in [0.15, 0.2) is 13.2 Å². The Morgan fingerprint density at radius 3 is 2.72 bits per heavy atom. The van der Waals surface area contributed by atoms with Crippen LogP contribution in [0.2, 0.25) is 0 Å². The van der Waals surface area contributed by atoms with Crippen molar-refractivity contribution in [3.63, 3.8) is 0 Å². The summed E-state index contributed by atoms with van der Waals surface area (Å²) in [4.78, 5) is 23.6. The molecular formula is C19H18BrNO4. The van der Waals surface area contributed by atoms with Crippen LogP contribution in [0, 0.1) is 0 Å². The smallest absolute Gasteiger partial charge is 0.344 e. The third-order valence-electron chi connectivity index (χ3n) is 3.90. The minimum atomic E-state index is -0.593. The molecule has 3 rings (SSSR count). The Morgan fingerprint density at radius 2 is 1.88 bits per heavy atom. The molecular weight excluding hydrogens is 386 g/mol. The van der Waals surface area contributed by atoms with E-state index in [4.69, 9.17) is 9.47 Å². The molecule has 130 valence electrons. The van der Waals surface area contributed by atoms with E-state index in [1.165, 1.54) is 11.1 Å². The standard InChI is InChI=1S/C19H18BrNO4/c20-15-5-2-6-17(10-15)24-12-19(23)25-11-18(22)21-16-8-7-13-3-1-4-14(13)9-16/h2,5-10H,1,3-4,11-12H2,(H,21,22). The lowest BCUT2D eigenvalue weighted by molar-refractivity contribution is -0.149. The van der Waals surface area contributed by atoms with E-state index in [2.05, 4.69) is 21.2 Å². The molecule has 0 bridgehead atoms. The van der Waals surface area contributed by atoms with Gasteiger partial charge in [0.05, 0.1) is 0 Å². The molecule has 0 spiro atoms. The van der Waals surface area contributed by atoms with Gasteiger partial charge in [-0.05, 0) is 60.7 Å². The van der Waals surface area contributed by atoms with Gasteiger partial charge in [-0.2, -0.15) is 0 Å². The molecule has 6 heteroatoms. The Labute approximate surface area is 154 Å². The van der Waals surface area contributed by atoms with E-state index < -0.39 is 5.97 Å². The topological polar surface area (TPSA) is 64.6 Å². The fourth-order valence-corrected chi connectivity index (χ4v) is 3.11. The van der Waals surface area contributed by atoms with Crippen LogP contribution < -0.4 is 10.1 Å². The van der Waals surface area contributed by atoms with Crippen molar-refractivity contribution in [1.29, 1.82) is 0 Å². The highest BCUT2D eigenvalue weighted by atomic mass is 79.9. The summed E-state index contributed by atoms with van der Waals surface area (Å²) in [6.45, 7) is -0.583. The molecule has 0 aromatic heterocycles. The van der Waals surface area contributed by atoms with Crippen LogP contribution in [0.1, 0.15) is 17.5 Å². The molecule has 0 atom stereocenters. The zero-order valence-corrected chi connectivity index (χ0v) is 15.2. The number of hydrogen-bond donors (Lipinski definition) is 1. The van der Waals surface area contributed by atoms with Crippen LogP contribution in [0.25, 0.3) is 0 Å². The van der Waals surface area contributed by atoms with Crippen LogP contribution in [-0.2, 0) is 27.2 Å². The molecule has 1 N–H and O–H groups in total. The van der Waals surface area contributed by atoms with E-state index in [1.54, 1.807) is 18.2 Å². The summed E-state index contributed by atoms with van der Waals surface area (Å²) in [6.07, 6.45) is 3.29. The van der Waals surface area contributed by atoms with Gasteiger partial charge in [0.1, 0.15) is 5.75 Å². The van der Waals surface area contributed by atoms with Gasteiger partial charge in [0.25, 0.3) is 5.91 Å². The van der Waals surface area contributed by atoms with E-state index in [-0.39, 0.29) is 19.1 Å². The van der Waals surface area contributed by atoms with E-state index in [9.17, 15) is 9.59 Å². The van der Waals surface area contributed by atoms with Crippen LogP contribution in [0.15, 0.2) is 46.9 Å². The number of aryl methyl sites for hydroxylation is 2. The largest absolute Gasteiger partial charge is 0.482 e. The quantitative estimate of drug-likeness (QED) is 0.749. The number of nitrogens with one attached hydrogen (secondary N) is 1. The summed E-state index contributed by atoms with van der Waals surface area (Å²) in [6, 6.07) is 13.0. The Morgan fingerprint density at radius 1 is 1.04 bits per heavy atom. The lowest BCUT2D eigenvalue weighted by atomic mass is 10.1. The third kappa shape index (κ3) is 5.06. The summed E-state index contributed by atoms with van der Waals surface area (Å²) in [5, 5.41) is 2.75. The van der Waals surface area contributed by atoms with Gasteiger partial charge >= 0.3 is 5.97 Å². The number of esters is 1. The highest BCUT2D eigenvalue weighted by molar-refractivity contribution is 9.10. The van der Waals surface area contributed by atoms with Crippen molar-refractivity contribution >= 4 is 33.5 Å². The van der Waals surface area contributed by atoms with E-state index >= 15 is 0 Å². The SMILES string of the molecule is O=C(COC(=O)COc1cccc(Br)c1)Nc1ccc2c(c1)CCC2. The van der Waals surface area contributed by atoms with Crippen LogP contribution in [0.4, 0.5) is 5.69 Å². The summed E-state index contributed by atoms with van der Waals surface area (Å²) in [7, 11) is 0. The van der Waals surface area contributed by atoms with E-state index in [1.807, 2.05) is 24.3 Å². The molecule has 0 saturated heterocycles. The normalized spacial score (nSPS) is 12.4. The van der Waals surface area contributed by atoms with Crippen LogP contribution in [0.3, 0.4) is 0 Å². The second-order valence-electron chi connectivity index (χ2n) is 5.79. The van der Waals surface area contributed by atoms with Crippen molar-refractivity contribution in [2.75, 3.05) is 18.5 Å². The van der Waals surface area contributed by atoms with Gasteiger partial charge in [-0.1, -0.05) is 28.1 Å². The second kappa shape index (κ2) is 8.16. The van der Waals surface area contributed by atoms with Crippen molar-refractivity contribution < 1.29 is 19.1 Å². The first-order valence-electron chi connectivity index (χ1n) is 8.06. The zero-order valence-electron chi connectivity index (χ0n) is 13.6. The molecule has 0 aliphatic heterocycles. The maximum atomic E-state index is 11.9. The van der Waals surface area contributed by atoms with E-state index in [0.29, 0.717) is 5.75 Å². The molecule has 0 unspecified atom stereocenters. The number of amides is 1. The number of benzene rings is 2.